The van der Waals surface area contributed by atoms with E-state index in [-0.39, 0.29) is 12.2 Å². The Hall–Kier alpha value is -3.53. The van der Waals surface area contributed by atoms with Gasteiger partial charge in [0.05, 0.1) is 43.7 Å². The Kier molecular flexibility index (Phi) is 9.11. The number of fused-ring (bicyclic) bond motifs is 1. The first-order valence-electron chi connectivity index (χ1n) is 13.1. The average molecular weight is 754 g/mol. The minimum absolute atomic E-state index is 0.216. The van der Waals surface area contributed by atoms with E-state index in [2.05, 4.69) is 49.6 Å². The first-order valence-corrected chi connectivity index (χ1v) is 15.8. The van der Waals surface area contributed by atoms with E-state index < -0.39 is 12.0 Å². The van der Waals surface area contributed by atoms with Gasteiger partial charge in [-0.3, -0.25) is 9.36 Å². The summed E-state index contributed by atoms with van der Waals surface area (Å²) in [6, 6.07) is 20.3. The Morgan fingerprint density at radius 1 is 1.17 bits per heavy atom. The lowest BCUT2D eigenvalue weighted by Gasteiger charge is -2.24. The van der Waals surface area contributed by atoms with Gasteiger partial charge in [0.2, 0.25) is 0 Å². The molecule has 0 saturated carbocycles. The molecule has 0 amide bonds. The summed E-state index contributed by atoms with van der Waals surface area (Å²) in [5.74, 6) is 0.145. The van der Waals surface area contributed by atoms with Crippen molar-refractivity contribution in [2.75, 3.05) is 6.61 Å². The number of benzene rings is 3. The SMILES string of the molecule is CCOC(=O)C1=C(C)N=c2s/c(=C\c3cc(Br)cc(I)c3OCc3ccc(C#N)cc3)c(=O)n2[C@@H]1c1ccc(C)cc1. The Bertz CT molecular complexity index is 1940. The van der Waals surface area contributed by atoms with Gasteiger partial charge >= 0.3 is 5.97 Å². The number of hydrogen-bond donors (Lipinski definition) is 0. The molecule has 1 atom stereocenters. The maximum absolute atomic E-state index is 14.0. The van der Waals surface area contributed by atoms with Crippen LogP contribution in [-0.2, 0) is 16.1 Å². The van der Waals surface area contributed by atoms with Crippen LogP contribution in [0.25, 0.3) is 6.08 Å². The molecule has 4 aromatic rings. The van der Waals surface area contributed by atoms with E-state index in [4.69, 9.17) is 14.7 Å². The second-order valence-electron chi connectivity index (χ2n) is 9.62. The van der Waals surface area contributed by atoms with Crippen molar-refractivity contribution in [3.8, 4) is 11.8 Å². The van der Waals surface area contributed by atoms with Crippen LogP contribution in [0.3, 0.4) is 0 Å². The summed E-state index contributed by atoms with van der Waals surface area (Å²) in [7, 11) is 0. The van der Waals surface area contributed by atoms with Crippen LogP contribution in [0.2, 0.25) is 0 Å². The Morgan fingerprint density at radius 3 is 2.55 bits per heavy atom. The zero-order valence-electron chi connectivity index (χ0n) is 23.0. The number of ether oxygens (including phenoxy) is 2. The zero-order valence-corrected chi connectivity index (χ0v) is 27.5. The molecule has 2 heterocycles. The van der Waals surface area contributed by atoms with Crippen LogP contribution in [-0.4, -0.2) is 17.1 Å². The number of esters is 1. The highest BCUT2D eigenvalue weighted by atomic mass is 127. The molecule has 5 rings (SSSR count). The molecule has 0 saturated heterocycles. The number of aromatic nitrogens is 1. The van der Waals surface area contributed by atoms with E-state index in [9.17, 15) is 9.59 Å². The number of carbonyl (C=O) groups excluding carboxylic acids is 1. The number of allylic oxidation sites excluding steroid dienone is 1. The van der Waals surface area contributed by atoms with Gasteiger partial charge in [0.15, 0.2) is 4.80 Å². The maximum atomic E-state index is 14.0. The molecule has 0 spiro atoms. The lowest BCUT2D eigenvalue weighted by atomic mass is 9.95. The van der Waals surface area contributed by atoms with Crippen molar-refractivity contribution in [3.05, 3.63) is 127 Å². The van der Waals surface area contributed by atoms with E-state index in [0.717, 1.165) is 30.3 Å². The van der Waals surface area contributed by atoms with Crippen LogP contribution >= 0.6 is 49.9 Å². The maximum Gasteiger partial charge on any atom is 0.338 e. The van der Waals surface area contributed by atoms with Crippen molar-refractivity contribution in [1.29, 1.82) is 5.26 Å². The van der Waals surface area contributed by atoms with Crippen molar-refractivity contribution in [3.63, 3.8) is 0 Å². The molecule has 10 heteroatoms. The van der Waals surface area contributed by atoms with Crippen molar-refractivity contribution >= 4 is 61.9 Å². The van der Waals surface area contributed by atoms with Crippen LogP contribution < -0.4 is 19.6 Å². The summed E-state index contributed by atoms with van der Waals surface area (Å²) in [4.78, 5) is 32.3. The first kappa shape index (κ1) is 29.9. The molecule has 1 aliphatic rings. The fraction of sp³-hybridized carbons (Fsp3) is 0.188. The van der Waals surface area contributed by atoms with Crippen LogP contribution in [0, 0.1) is 21.8 Å². The van der Waals surface area contributed by atoms with Gasteiger partial charge in [-0.2, -0.15) is 5.26 Å². The highest BCUT2D eigenvalue weighted by molar-refractivity contribution is 14.1. The van der Waals surface area contributed by atoms with Gasteiger partial charge in [0.25, 0.3) is 5.56 Å². The standard InChI is InChI=1S/C32H25BrIN3O4S/c1-4-40-31(39)27-19(3)36-32-37(28(27)22-11-5-18(2)6-12-22)30(38)26(42-32)14-23-13-24(33)15-25(34)29(23)41-17-21-9-7-20(16-35)8-10-21/h5-15,28H,4,17H2,1-3H3/b26-14-/t28-/m1/s1. The number of aryl methyl sites for hydroxylation is 1. The number of rotatable bonds is 7. The van der Waals surface area contributed by atoms with Gasteiger partial charge in [0, 0.05) is 10.0 Å². The van der Waals surface area contributed by atoms with E-state index in [1.54, 1.807) is 36.6 Å². The molecular weight excluding hydrogens is 729 g/mol. The van der Waals surface area contributed by atoms with Crippen LogP contribution in [0.5, 0.6) is 5.75 Å². The molecule has 0 radical (unpaired) electrons. The lowest BCUT2D eigenvalue weighted by molar-refractivity contribution is -0.139. The normalized spacial score (nSPS) is 14.7. The van der Waals surface area contributed by atoms with Crippen molar-refractivity contribution in [2.24, 2.45) is 4.99 Å². The molecule has 0 N–H and O–H groups in total. The van der Waals surface area contributed by atoms with Crippen LogP contribution in [0.15, 0.2) is 86.2 Å². The minimum atomic E-state index is -0.669. The predicted molar refractivity (Wildman–Crippen MR) is 174 cm³/mol. The van der Waals surface area contributed by atoms with E-state index in [0.29, 0.717) is 38.5 Å². The van der Waals surface area contributed by atoms with Crippen molar-refractivity contribution in [2.45, 2.75) is 33.4 Å². The van der Waals surface area contributed by atoms with Gasteiger partial charge < -0.3 is 9.47 Å². The molecule has 3 aromatic carbocycles. The molecule has 1 aliphatic heterocycles. The number of carbonyl (C=O) groups is 1. The summed E-state index contributed by atoms with van der Waals surface area (Å²) in [6.07, 6.45) is 1.81. The number of nitriles is 1. The average Bonchev–Trinajstić information content (AvgIpc) is 3.26. The summed E-state index contributed by atoms with van der Waals surface area (Å²) in [5.41, 5.74) is 4.71. The van der Waals surface area contributed by atoms with E-state index in [1.165, 1.54) is 11.3 Å². The van der Waals surface area contributed by atoms with Gasteiger partial charge in [-0.1, -0.05) is 69.2 Å². The minimum Gasteiger partial charge on any atom is -0.487 e. The molecule has 0 bridgehead atoms. The molecule has 212 valence electrons. The fourth-order valence-corrected chi connectivity index (χ4v) is 7.41. The van der Waals surface area contributed by atoms with Gasteiger partial charge in [-0.15, -0.1) is 0 Å². The summed E-state index contributed by atoms with van der Waals surface area (Å²) >= 11 is 7.05. The van der Waals surface area contributed by atoms with Crippen molar-refractivity contribution in [1.82, 2.24) is 4.57 Å². The lowest BCUT2D eigenvalue weighted by Crippen LogP contribution is -2.39. The highest BCUT2D eigenvalue weighted by Gasteiger charge is 2.33. The summed E-state index contributed by atoms with van der Waals surface area (Å²) < 4.78 is 15.4. The molecule has 0 aliphatic carbocycles. The second kappa shape index (κ2) is 12.8. The number of hydrogen-bond acceptors (Lipinski definition) is 7. The van der Waals surface area contributed by atoms with Gasteiger partial charge in [-0.05, 0) is 84.8 Å². The third-order valence-corrected chi connectivity index (χ3v) is 8.94. The van der Waals surface area contributed by atoms with E-state index >= 15 is 0 Å². The monoisotopic (exact) mass is 753 g/mol. The topological polar surface area (TPSA) is 93.7 Å². The molecule has 7 nitrogen and oxygen atoms in total. The van der Waals surface area contributed by atoms with Crippen molar-refractivity contribution < 1.29 is 14.3 Å². The Labute approximate surface area is 268 Å². The Balaban J connectivity index is 1.62. The second-order valence-corrected chi connectivity index (χ2v) is 12.7. The molecule has 0 fully saturated rings. The smallest absolute Gasteiger partial charge is 0.338 e. The molecule has 0 unspecified atom stereocenters. The quantitative estimate of drug-likeness (QED) is 0.173. The molecule has 1 aromatic heterocycles. The molecule has 42 heavy (non-hydrogen) atoms. The number of halogens is 2. The van der Waals surface area contributed by atoms with Crippen LogP contribution in [0.4, 0.5) is 0 Å². The third-order valence-electron chi connectivity index (χ3n) is 6.70. The van der Waals surface area contributed by atoms with E-state index in [1.807, 2.05) is 55.5 Å². The van der Waals surface area contributed by atoms with Crippen LogP contribution in [0.1, 0.15) is 47.7 Å². The van der Waals surface area contributed by atoms with Gasteiger partial charge in [0.1, 0.15) is 12.4 Å². The first-order chi connectivity index (χ1) is 20.2. The summed E-state index contributed by atoms with van der Waals surface area (Å²) in [6.45, 7) is 6.03. The predicted octanol–water partition coefficient (Wildman–Crippen LogP) is 5.92. The molecular formula is C32H25BrIN3O4S. The number of nitrogens with zero attached hydrogens (tertiary/aromatic N) is 3. The third kappa shape index (κ3) is 6.14. The number of thiazole rings is 1. The van der Waals surface area contributed by atoms with Gasteiger partial charge in [-0.25, -0.2) is 9.79 Å². The zero-order chi connectivity index (χ0) is 30.0. The largest absolute Gasteiger partial charge is 0.487 e. The fourth-order valence-electron chi connectivity index (χ4n) is 4.67. The highest BCUT2D eigenvalue weighted by Crippen LogP contribution is 2.33. The Morgan fingerprint density at radius 2 is 1.88 bits per heavy atom. The summed E-state index contributed by atoms with van der Waals surface area (Å²) in [5, 5.41) is 9.08.